The minimum absolute atomic E-state index is 0.0161. The largest absolute Gasteiger partial charge is 0.378 e. The average molecular weight is 379 g/mol. The predicted molar refractivity (Wildman–Crippen MR) is 107 cm³/mol. The maximum atomic E-state index is 13.2. The first kappa shape index (κ1) is 18.5. The number of nitrogens with one attached hydrogen (secondary N) is 2. The van der Waals surface area contributed by atoms with Gasteiger partial charge in [-0.2, -0.15) is 0 Å². The van der Waals surface area contributed by atoms with Crippen molar-refractivity contribution in [3.63, 3.8) is 0 Å². The molecule has 6 nitrogen and oxygen atoms in total. The first-order valence-electron chi connectivity index (χ1n) is 9.79. The fraction of sp³-hybridized carbons (Fsp3) is 0.364. The van der Waals surface area contributed by atoms with E-state index in [0.29, 0.717) is 37.9 Å². The van der Waals surface area contributed by atoms with Crippen LogP contribution in [0.2, 0.25) is 0 Å². The van der Waals surface area contributed by atoms with Gasteiger partial charge in [-0.25, -0.2) is 0 Å². The Morgan fingerprint density at radius 2 is 1.75 bits per heavy atom. The van der Waals surface area contributed by atoms with Gasteiger partial charge in [0.25, 0.3) is 5.91 Å². The fourth-order valence-corrected chi connectivity index (χ4v) is 3.31. The molecule has 4 rings (SSSR count). The molecule has 0 spiro atoms. The van der Waals surface area contributed by atoms with Crippen LogP contribution in [0, 0.1) is 0 Å². The summed E-state index contributed by atoms with van der Waals surface area (Å²) in [5, 5.41) is 6.35. The van der Waals surface area contributed by atoms with Gasteiger partial charge in [0.15, 0.2) is 0 Å². The molecule has 2 N–H and O–H groups in total. The fourth-order valence-electron chi connectivity index (χ4n) is 3.31. The summed E-state index contributed by atoms with van der Waals surface area (Å²) in [5.74, 6) is -0.0516. The molecule has 0 radical (unpaired) electrons. The van der Waals surface area contributed by atoms with E-state index in [-0.39, 0.29) is 11.8 Å². The lowest BCUT2D eigenvalue weighted by atomic mass is 10.0. The maximum Gasteiger partial charge on any atom is 0.251 e. The van der Waals surface area contributed by atoms with Crippen LogP contribution in [0.3, 0.4) is 0 Å². The molecule has 1 aliphatic carbocycles. The SMILES string of the molecule is O=C(NC1CC1)c1cccc(N[C@H](C(=O)N2CCOCC2)c2ccccc2)c1. The zero-order valence-electron chi connectivity index (χ0n) is 15.8. The molecule has 6 heteroatoms. The number of morpholine rings is 1. The molecule has 1 aliphatic heterocycles. The minimum atomic E-state index is -0.513. The molecule has 1 heterocycles. The van der Waals surface area contributed by atoms with Gasteiger partial charge in [0, 0.05) is 30.4 Å². The molecule has 2 aromatic rings. The van der Waals surface area contributed by atoms with E-state index in [0.717, 1.165) is 24.1 Å². The van der Waals surface area contributed by atoms with Crippen LogP contribution in [0.1, 0.15) is 34.8 Å². The Morgan fingerprint density at radius 3 is 2.46 bits per heavy atom. The number of benzene rings is 2. The van der Waals surface area contributed by atoms with Crippen LogP contribution < -0.4 is 10.6 Å². The highest BCUT2D eigenvalue weighted by Crippen LogP contribution is 2.24. The van der Waals surface area contributed by atoms with Gasteiger partial charge in [-0.3, -0.25) is 9.59 Å². The highest BCUT2D eigenvalue weighted by molar-refractivity contribution is 5.95. The van der Waals surface area contributed by atoms with E-state index in [4.69, 9.17) is 4.74 Å². The lowest BCUT2D eigenvalue weighted by molar-refractivity contribution is -0.136. The number of ether oxygens (including phenoxy) is 1. The Balaban J connectivity index is 1.55. The number of anilines is 1. The van der Waals surface area contributed by atoms with E-state index in [1.54, 1.807) is 12.1 Å². The van der Waals surface area contributed by atoms with Gasteiger partial charge in [0.2, 0.25) is 5.91 Å². The molecule has 2 aliphatic rings. The third-order valence-corrected chi connectivity index (χ3v) is 5.05. The van der Waals surface area contributed by atoms with Crippen molar-refractivity contribution >= 4 is 17.5 Å². The Morgan fingerprint density at radius 1 is 1.00 bits per heavy atom. The van der Waals surface area contributed by atoms with Crippen LogP contribution >= 0.6 is 0 Å². The number of hydrogen-bond donors (Lipinski definition) is 2. The molecule has 1 saturated carbocycles. The van der Waals surface area contributed by atoms with E-state index >= 15 is 0 Å². The van der Waals surface area contributed by atoms with Crippen LogP contribution in [-0.2, 0) is 9.53 Å². The van der Waals surface area contributed by atoms with Crippen molar-refractivity contribution in [1.82, 2.24) is 10.2 Å². The molecule has 2 aromatic carbocycles. The van der Waals surface area contributed by atoms with Gasteiger partial charge in [-0.1, -0.05) is 36.4 Å². The first-order chi connectivity index (χ1) is 13.7. The number of carbonyl (C=O) groups is 2. The molecule has 2 amide bonds. The Labute approximate surface area is 164 Å². The van der Waals surface area contributed by atoms with E-state index in [2.05, 4.69) is 10.6 Å². The van der Waals surface area contributed by atoms with Crippen molar-refractivity contribution in [2.45, 2.75) is 24.9 Å². The van der Waals surface area contributed by atoms with Gasteiger partial charge in [-0.05, 0) is 36.6 Å². The molecule has 0 bridgehead atoms. The number of amides is 2. The normalized spacial score (nSPS) is 17.6. The summed E-state index contributed by atoms with van der Waals surface area (Å²) in [5.41, 5.74) is 2.24. The standard InChI is InChI=1S/C22H25N3O3/c26-21(24-18-9-10-18)17-7-4-8-19(15-17)23-20(16-5-2-1-3-6-16)22(27)25-11-13-28-14-12-25/h1-8,15,18,20,23H,9-14H2,(H,24,26)/t20-/m0/s1. The van der Waals surface area contributed by atoms with Crippen LogP contribution in [-0.4, -0.2) is 49.1 Å². The lowest BCUT2D eigenvalue weighted by Crippen LogP contribution is -2.44. The monoisotopic (exact) mass is 379 g/mol. The summed E-state index contributed by atoms with van der Waals surface area (Å²) >= 11 is 0. The third kappa shape index (κ3) is 4.51. The molecule has 2 fully saturated rings. The second-order valence-corrected chi connectivity index (χ2v) is 7.25. The third-order valence-electron chi connectivity index (χ3n) is 5.05. The number of hydrogen-bond acceptors (Lipinski definition) is 4. The zero-order chi connectivity index (χ0) is 19.3. The van der Waals surface area contributed by atoms with E-state index in [1.165, 1.54) is 0 Å². The van der Waals surface area contributed by atoms with Crippen molar-refractivity contribution in [2.75, 3.05) is 31.6 Å². The Hall–Kier alpha value is -2.86. The molecule has 146 valence electrons. The van der Waals surface area contributed by atoms with Gasteiger partial charge in [0.05, 0.1) is 13.2 Å². The predicted octanol–water partition coefficient (Wildman–Crippen LogP) is 2.59. The van der Waals surface area contributed by atoms with Crippen molar-refractivity contribution in [1.29, 1.82) is 0 Å². The summed E-state index contributed by atoms with van der Waals surface area (Å²) in [6.45, 7) is 2.30. The second kappa shape index (κ2) is 8.44. The van der Waals surface area contributed by atoms with Crippen molar-refractivity contribution < 1.29 is 14.3 Å². The van der Waals surface area contributed by atoms with Crippen LogP contribution in [0.5, 0.6) is 0 Å². The van der Waals surface area contributed by atoms with Crippen LogP contribution in [0.25, 0.3) is 0 Å². The smallest absolute Gasteiger partial charge is 0.251 e. The van der Waals surface area contributed by atoms with Gasteiger partial charge < -0.3 is 20.3 Å². The zero-order valence-corrected chi connectivity index (χ0v) is 15.8. The summed E-state index contributed by atoms with van der Waals surface area (Å²) in [7, 11) is 0. The summed E-state index contributed by atoms with van der Waals surface area (Å²) in [6, 6.07) is 16.8. The highest BCUT2D eigenvalue weighted by Gasteiger charge is 2.28. The number of carbonyl (C=O) groups excluding carboxylic acids is 2. The van der Waals surface area contributed by atoms with Crippen molar-refractivity contribution in [3.8, 4) is 0 Å². The molecule has 1 atom stereocenters. The van der Waals surface area contributed by atoms with Gasteiger partial charge >= 0.3 is 0 Å². The molecule has 0 aromatic heterocycles. The maximum absolute atomic E-state index is 13.2. The summed E-state index contributed by atoms with van der Waals surface area (Å²) in [6.07, 6.45) is 2.10. The molecular weight excluding hydrogens is 354 g/mol. The molecular formula is C22H25N3O3. The van der Waals surface area contributed by atoms with E-state index in [1.807, 2.05) is 47.4 Å². The molecule has 1 saturated heterocycles. The van der Waals surface area contributed by atoms with Crippen molar-refractivity contribution in [3.05, 3.63) is 65.7 Å². The number of rotatable bonds is 6. The van der Waals surface area contributed by atoms with Crippen LogP contribution in [0.4, 0.5) is 5.69 Å². The Bertz CT molecular complexity index is 830. The van der Waals surface area contributed by atoms with Crippen LogP contribution in [0.15, 0.2) is 54.6 Å². The minimum Gasteiger partial charge on any atom is -0.378 e. The van der Waals surface area contributed by atoms with Gasteiger partial charge in [0.1, 0.15) is 6.04 Å². The van der Waals surface area contributed by atoms with Gasteiger partial charge in [-0.15, -0.1) is 0 Å². The highest BCUT2D eigenvalue weighted by atomic mass is 16.5. The van der Waals surface area contributed by atoms with E-state index < -0.39 is 6.04 Å². The lowest BCUT2D eigenvalue weighted by Gasteiger charge is -2.31. The van der Waals surface area contributed by atoms with Crippen molar-refractivity contribution in [2.24, 2.45) is 0 Å². The second-order valence-electron chi connectivity index (χ2n) is 7.25. The first-order valence-corrected chi connectivity index (χ1v) is 9.79. The Kier molecular flexibility index (Phi) is 5.58. The topological polar surface area (TPSA) is 70.7 Å². The number of nitrogens with zero attached hydrogens (tertiary/aromatic N) is 1. The summed E-state index contributed by atoms with van der Waals surface area (Å²) < 4.78 is 5.37. The molecule has 28 heavy (non-hydrogen) atoms. The summed E-state index contributed by atoms with van der Waals surface area (Å²) in [4.78, 5) is 27.4. The molecule has 0 unspecified atom stereocenters. The quantitative estimate of drug-likeness (QED) is 0.809. The van der Waals surface area contributed by atoms with E-state index in [9.17, 15) is 9.59 Å². The average Bonchev–Trinajstić information content (AvgIpc) is 3.57.